The molecule has 1 unspecified atom stereocenters. The first-order valence-corrected chi connectivity index (χ1v) is 6.26. The van der Waals surface area contributed by atoms with Crippen molar-refractivity contribution in [1.82, 2.24) is 4.98 Å². The summed E-state index contributed by atoms with van der Waals surface area (Å²) in [5.41, 5.74) is 0.882. The van der Waals surface area contributed by atoms with Crippen LogP contribution in [0.4, 0.5) is 5.82 Å². The van der Waals surface area contributed by atoms with E-state index in [1.807, 2.05) is 12.1 Å². The van der Waals surface area contributed by atoms with E-state index >= 15 is 0 Å². The number of aliphatic hydroxyl groups excluding tert-OH is 1. The maximum Gasteiger partial charge on any atom is 0.134 e. The molecule has 1 aliphatic heterocycles. The summed E-state index contributed by atoms with van der Waals surface area (Å²) in [7, 11) is 0. The maximum absolute atomic E-state index is 9.33. The Hall–Kier alpha value is -1.13. The third-order valence-corrected chi connectivity index (χ3v) is 3.17. The Morgan fingerprint density at radius 1 is 1.59 bits per heavy atom. The lowest BCUT2D eigenvalue weighted by atomic mass is 10.2. The standard InChI is InChI=1S/C13H20N2O2/c1-2-15(9-12-6-4-8-17-12)13-11(10-16)5-3-7-14-13/h3,5,7,12,16H,2,4,6,8-10H2,1H3. The van der Waals surface area contributed by atoms with Crippen LogP contribution in [0, 0.1) is 0 Å². The minimum Gasteiger partial charge on any atom is -0.392 e. The zero-order valence-corrected chi connectivity index (χ0v) is 10.3. The zero-order valence-electron chi connectivity index (χ0n) is 10.3. The van der Waals surface area contributed by atoms with Crippen molar-refractivity contribution in [3.05, 3.63) is 23.9 Å². The highest BCUT2D eigenvalue weighted by atomic mass is 16.5. The van der Waals surface area contributed by atoms with Crippen molar-refractivity contribution in [1.29, 1.82) is 0 Å². The van der Waals surface area contributed by atoms with Crippen LogP contribution in [-0.2, 0) is 11.3 Å². The normalized spacial score (nSPS) is 19.5. The molecule has 0 aliphatic carbocycles. The largest absolute Gasteiger partial charge is 0.392 e. The topological polar surface area (TPSA) is 45.6 Å². The van der Waals surface area contributed by atoms with E-state index < -0.39 is 0 Å². The first kappa shape index (κ1) is 12.3. The molecular formula is C13H20N2O2. The first-order chi connectivity index (χ1) is 8.35. The number of pyridine rings is 1. The van der Waals surface area contributed by atoms with Crippen LogP contribution in [0.5, 0.6) is 0 Å². The highest BCUT2D eigenvalue weighted by molar-refractivity contribution is 5.46. The highest BCUT2D eigenvalue weighted by Gasteiger charge is 2.20. The molecule has 0 amide bonds. The summed E-state index contributed by atoms with van der Waals surface area (Å²) >= 11 is 0. The molecule has 1 fully saturated rings. The molecule has 1 atom stereocenters. The molecule has 4 heteroatoms. The number of ether oxygens (including phenoxy) is 1. The van der Waals surface area contributed by atoms with Crippen LogP contribution >= 0.6 is 0 Å². The quantitative estimate of drug-likeness (QED) is 0.843. The van der Waals surface area contributed by atoms with E-state index in [9.17, 15) is 5.11 Å². The number of hydrogen-bond acceptors (Lipinski definition) is 4. The number of likely N-dealkylation sites (N-methyl/N-ethyl adjacent to an activating group) is 1. The maximum atomic E-state index is 9.33. The van der Waals surface area contributed by atoms with E-state index in [2.05, 4.69) is 16.8 Å². The molecule has 0 radical (unpaired) electrons. The van der Waals surface area contributed by atoms with Crippen LogP contribution in [0.3, 0.4) is 0 Å². The van der Waals surface area contributed by atoms with Gasteiger partial charge in [-0.15, -0.1) is 0 Å². The third-order valence-electron chi connectivity index (χ3n) is 3.17. The Labute approximate surface area is 102 Å². The van der Waals surface area contributed by atoms with Gasteiger partial charge in [-0.05, 0) is 25.8 Å². The molecule has 1 aromatic heterocycles. The summed E-state index contributed by atoms with van der Waals surface area (Å²) in [6.07, 6.45) is 4.35. The molecule has 0 bridgehead atoms. The number of rotatable bonds is 5. The van der Waals surface area contributed by atoms with Crippen molar-refractivity contribution in [3.63, 3.8) is 0 Å². The fraction of sp³-hybridized carbons (Fsp3) is 0.615. The summed E-state index contributed by atoms with van der Waals surface area (Å²) in [6.45, 7) is 4.75. The smallest absolute Gasteiger partial charge is 0.134 e. The van der Waals surface area contributed by atoms with Gasteiger partial charge in [0.2, 0.25) is 0 Å². The molecule has 94 valence electrons. The second-order valence-corrected chi connectivity index (χ2v) is 4.32. The lowest BCUT2D eigenvalue weighted by Gasteiger charge is -2.26. The summed E-state index contributed by atoms with van der Waals surface area (Å²) in [6, 6.07) is 3.77. The van der Waals surface area contributed by atoms with Gasteiger partial charge in [0.05, 0.1) is 12.7 Å². The van der Waals surface area contributed by atoms with Gasteiger partial charge in [-0.3, -0.25) is 0 Å². The van der Waals surface area contributed by atoms with E-state index in [1.54, 1.807) is 6.20 Å². The van der Waals surface area contributed by atoms with Gasteiger partial charge in [0.1, 0.15) is 5.82 Å². The van der Waals surface area contributed by atoms with Crippen molar-refractivity contribution in [2.24, 2.45) is 0 Å². The van der Waals surface area contributed by atoms with E-state index in [4.69, 9.17) is 4.74 Å². The van der Waals surface area contributed by atoms with Gasteiger partial charge in [-0.1, -0.05) is 6.07 Å². The van der Waals surface area contributed by atoms with Crippen LogP contribution in [-0.4, -0.2) is 35.9 Å². The Balaban J connectivity index is 2.10. The molecule has 4 nitrogen and oxygen atoms in total. The molecule has 1 aliphatic rings. The third kappa shape index (κ3) is 2.96. The first-order valence-electron chi connectivity index (χ1n) is 6.26. The summed E-state index contributed by atoms with van der Waals surface area (Å²) < 4.78 is 5.65. The molecule has 0 spiro atoms. The van der Waals surface area contributed by atoms with Crippen LogP contribution in [0.25, 0.3) is 0 Å². The molecule has 2 heterocycles. The molecule has 2 rings (SSSR count). The summed E-state index contributed by atoms with van der Waals surface area (Å²) in [4.78, 5) is 6.56. The van der Waals surface area contributed by atoms with Crippen molar-refractivity contribution in [2.75, 3.05) is 24.6 Å². The lowest BCUT2D eigenvalue weighted by molar-refractivity contribution is 0.115. The molecule has 0 aromatic carbocycles. The van der Waals surface area contributed by atoms with E-state index in [0.717, 1.165) is 43.9 Å². The number of anilines is 1. The van der Waals surface area contributed by atoms with E-state index in [-0.39, 0.29) is 6.61 Å². The van der Waals surface area contributed by atoms with Crippen LogP contribution < -0.4 is 4.90 Å². The Morgan fingerprint density at radius 2 is 2.47 bits per heavy atom. The van der Waals surface area contributed by atoms with Crippen molar-refractivity contribution < 1.29 is 9.84 Å². The monoisotopic (exact) mass is 236 g/mol. The average molecular weight is 236 g/mol. The van der Waals surface area contributed by atoms with Gasteiger partial charge in [0.15, 0.2) is 0 Å². The molecule has 1 aromatic rings. The highest BCUT2D eigenvalue weighted by Crippen LogP contribution is 2.20. The van der Waals surface area contributed by atoms with Crippen LogP contribution in [0.2, 0.25) is 0 Å². The van der Waals surface area contributed by atoms with Gasteiger partial charge in [-0.25, -0.2) is 4.98 Å². The fourth-order valence-electron chi connectivity index (χ4n) is 2.24. The van der Waals surface area contributed by atoms with Crippen molar-refractivity contribution >= 4 is 5.82 Å². The minimum atomic E-state index is 0.0329. The number of aromatic nitrogens is 1. The second kappa shape index (κ2) is 5.98. The molecular weight excluding hydrogens is 216 g/mol. The number of aliphatic hydroxyl groups is 1. The molecule has 17 heavy (non-hydrogen) atoms. The van der Waals surface area contributed by atoms with Gasteiger partial charge in [0, 0.05) is 31.5 Å². The van der Waals surface area contributed by atoms with Crippen LogP contribution in [0.15, 0.2) is 18.3 Å². The Bertz CT molecular complexity index is 351. The van der Waals surface area contributed by atoms with Crippen molar-refractivity contribution in [2.45, 2.75) is 32.5 Å². The number of nitrogens with zero attached hydrogens (tertiary/aromatic N) is 2. The second-order valence-electron chi connectivity index (χ2n) is 4.32. The van der Waals surface area contributed by atoms with Crippen LogP contribution in [0.1, 0.15) is 25.3 Å². The SMILES string of the molecule is CCN(CC1CCCO1)c1ncccc1CO. The van der Waals surface area contributed by atoms with Gasteiger partial charge < -0.3 is 14.7 Å². The fourth-order valence-corrected chi connectivity index (χ4v) is 2.24. The van der Waals surface area contributed by atoms with Gasteiger partial charge >= 0.3 is 0 Å². The van der Waals surface area contributed by atoms with E-state index in [0.29, 0.717) is 6.10 Å². The van der Waals surface area contributed by atoms with E-state index in [1.165, 1.54) is 0 Å². The van der Waals surface area contributed by atoms with Gasteiger partial charge in [-0.2, -0.15) is 0 Å². The zero-order chi connectivity index (χ0) is 12.1. The summed E-state index contributed by atoms with van der Waals surface area (Å²) in [5.74, 6) is 0.882. The average Bonchev–Trinajstić information content (AvgIpc) is 2.89. The predicted molar refractivity (Wildman–Crippen MR) is 67.0 cm³/mol. The summed E-state index contributed by atoms with van der Waals surface area (Å²) in [5, 5.41) is 9.33. The molecule has 1 N–H and O–H groups in total. The number of hydrogen-bond donors (Lipinski definition) is 1. The predicted octanol–water partition coefficient (Wildman–Crippen LogP) is 1.58. The molecule has 0 saturated carbocycles. The molecule has 1 saturated heterocycles. The Morgan fingerprint density at radius 3 is 3.12 bits per heavy atom. The Kier molecular flexibility index (Phi) is 4.34. The van der Waals surface area contributed by atoms with Gasteiger partial charge in [0.25, 0.3) is 0 Å². The van der Waals surface area contributed by atoms with Crippen molar-refractivity contribution in [3.8, 4) is 0 Å². The lowest BCUT2D eigenvalue weighted by Crippen LogP contribution is -2.33. The minimum absolute atomic E-state index is 0.0329.